The molecule has 150 valence electrons. The molecule has 1 aliphatic heterocycles. The fourth-order valence-electron chi connectivity index (χ4n) is 2.99. The molecule has 7 heteroatoms. The molecule has 0 radical (unpaired) electrons. The summed E-state index contributed by atoms with van der Waals surface area (Å²) in [7, 11) is 0. The Labute approximate surface area is 170 Å². The van der Waals surface area contributed by atoms with Gasteiger partial charge in [-0.25, -0.2) is 4.98 Å². The lowest BCUT2D eigenvalue weighted by molar-refractivity contribution is -0.132. The molecule has 0 spiro atoms. The fraction of sp³-hybridized carbons (Fsp3) is 0.476. The Balaban J connectivity index is 1.46. The maximum Gasteiger partial charge on any atom is 0.231 e. The molecule has 1 fully saturated rings. The van der Waals surface area contributed by atoms with Crippen LogP contribution in [0.2, 0.25) is 0 Å². The first kappa shape index (κ1) is 20.5. The molecule has 0 atom stereocenters. The van der Waals surface area contributed by atoms with E-state index in [-0.39, 0.29) is 18.2 Å². The van der Waals surface area contributed by atoms with Gasteiger partial charge in [-0.15, -0.1) is 11.3 Å². The molecule has 2 heterocycles. The van der Waals surface area contributed by atoms with Gasteiger partial charge in [-0.2, -0.15) is 0 Å². The first-order chi connectivity index (χ1) is 13.3. The number of rotatable bonds is 5. The highest BCUT2D eigenvalue weighted by atomic mass is 32.1. The Hall–Kier alpha value is -2.25. The highest BCUT2D eigenvalue weighted by Gasteiger charge is 2.24. The van der Waals surface area contributed by atoms with Gasteiger partial charge in [-0.3, -0.25) is 14.5 Å². The summed E-state index contributed by atoms with van der Waals surface area (Å²) >= 11 is 1.36. The number of carbonyl (C=O) groups excluding carboxylic acids is 2. The normalized spacial score (nSPS) is 15.5. The molecule has 1 aromatic heterocycles. The minimum absolute atomic E-state index is 0.0748. The summed E-state index contributed by atoms with van der Waals surface area (Å²) in [5, 5.41) is 5.22. The molecular weight excluding hydrogens is 372 g/mol. The molecule has 0 aliphatic carbocycles. The minimum Gasteiger partial charge on any atom is -0.340 e. The van der Waals surface area contributed by atoms with Crippen molar-refractivity contribution >= 4 is 28.3 Å². The van der Waals surface area contributed by atoms with Crippen LogP contribution >= 0.6 is 11.3 Å². The van der Waals surface area contributed by atoms with Crippen molar-refractivity contribution in [2.75, 3.05) is 31.5 Å². The SMILES string of the molecule is CC(C)(C)C(=O)Nc1nc(CC(=O)N2CCN(Cc3ccccc3)CC2)cs1. The van der Waals surface area contributed by atoms with Crippen molar-refractivity contribution in [1.82, 2.24) is 14.8 Å². The minimum atomic E-state index is -0.471. The van der Waals surface area contributed by atoms with Gasteiger partial charge < -0.3 is 10.2 Å². The second kappa shape index (κ2) is 8.84. The number of thiazole rings is 1. The van der Waals surface area contributed by atoms with Crippen LogP contribution in [0.3, 0.4) is 0 Å². The molecule has 0 saturated carbocycles. The highest BCUT2D eigenvalue weighted by Crippen LogP contribution is 2.21. The fourth-order valence-corrected chi connectivity index (χ4v) is 3.70. The van der Waals surface area contributed by atoms with E-state index in [1.807, 2.05) is 37.1 Å². The number of piperazine rings is 1. The van der Waals surface area contributed by atoms with Crippen LogP contribution in [-0.2, 0) is 22.6 Å². The van der Waals surface area contributed by atoms with Gasteiger partial charge >= 0.3 is 0 Å². The topological polar surface area (TPSA) is 65.5 Å². The van der Waals surface area contributed by atoms with Crippen LogP contribution in [0.4, 0.5) is 5.13 Å². The van der Waals surface area contributed by atoms with Crippen LogP contribution in [0.25, 0.3) is 0 Å². The van der Waals surface area contributed by atoms with Crippen molar-refractivity contribution in [2.24, 2.45) is 5.41 Å². The number of aromatic nitrogens is 1. The van der Waals surface area contributed by atoms with Crippen molar-refractivity contribution in [1.29, 1.82) is 0 Å². The number of hydrogen-bond donors (Lipinski definition) is 1. The number of benzene rings is 1. The molecule has 6 nitrogen and oxygen atoms in total. The Morgan fingerprint density at radius 1 is 1.11 bits per heavy atom. The Kier molecular flexibility index (Phi) is 6.46. The lowest BCUT2D eigenvalue weighted by Crippen LogP contribution is -2.48. The number of nitrogens with zero attached hydrogens (tertiary/aromatic N) is 3. The van der Waals surface area contributed by atoms with Crippen molar-refractivity contribution in [3.63, 3.8) is 0 Å². The lowest BCUT2D eigenvalue weighted by atomic mass is 9.96. The molecule has 1 N–H and O–H groups in total. The summed E-state index contributed by atoms with van der Waals surface area (Å²) in [6, 6.07) is 10.4. The number of nitrogens with one attached hydrogen (secondary N) is 1. The standard InChI is InChI=1S/C21H28N4O2S/c1-21(2,3)19(27)23-20-22-17(15-28-20)13-18(26)25-11-9-24(10-12-25)14-16-7-5-4-6-8-16/h4-8,15H,9-14H2,1-3H3,(H,22,23,27). The van der Waals surface area contributed by atoms with E-state index in [1.165, 1.54) is 16.9 Å². The van der Waals surface area contributed by atoms with Crippen LogP contribution in [0, 0.1) is 5.41 Å². The highest BCUT2D eigenvalue weighted by molar-refractivity contribution is 7.13. The summed E-state index contributed by atoms with van der Waals surface area (Å²) < 4.78 is 0. The summed E-state index contributed by atoms with van der Waals surface area (Å²) in [6.07, 6.45) is 0.278. The van der Waals surface area contributed by atoms with Gasteiger partial charge in [-0.1, -0.05) is 51.1 Å². The Morgan fingerprint density at radius 3 is 2.43 bits per heavy atom. The predicted octanol–water partition coefficient (Wildman–Crippen LogP) is 3.01. The maximum absolute atomic E-state index is 12.6. The maximum atomic E-state index is 12.6. The average Bonchev–Trinajstić information content (AvgIpc) is 3.09. The largest absolute Gasteiger partial charge is 0.340 e. The second-order valence-electron chi connectivity index (χ2n) is 8.17. The van der Waals surface area contributed by atoms with Crippen molar-refractivity contribution < 1.29 is 9.59 Å². The molecule has 0 bridgehead atoms. The summed E-state index contributed by atoms with van der Waals surface area (Å²) in [5.74, 6) is 0.0209. The van der Waals surface area contributed by atoms with Crippen LogP contribution in [0.1, 0.15) is 32.0 Å². The number of anilines is 1. The van der Waals surface area contributed by atoms with E-state index in [0.29, 0.717) is 10.8 Å². The first-order valence-corrected chi connectivity index (χ1v) is 10.5. The monoisotopic (exact) mass is 400 g/mol. The lowest BCUT2D eigenvalue weighted by Gasteiger charge is -2.34. The molecule has 2 aromatic rings. The van der Waals surface area contributed by atoms with Crippen molar-refractivity contribution in [2.45, 2.75) is 33.7 Å². The Bertz CT molecular complexity index is 805. The van der Waals surface area contributed by atoms with E-state index >= 15 is 0 Å². The Morgan fingerprint density at radius 2 is 1.79 bits per heavy atom. The van der Waals surface area contributed by atoms with E-state index in [4.69, 9.17) is 0 Å². The van der Waals surface area contributed by atoms with Crippen LogP contribution in [0.15, 0.2) is 35.7 Å². The van der Waals surface area contributed by atoms with Gasteiger partial charge in [0.15, 0.2) is 5.13 Å². The van der Waals surface area contributed by atoms with Gasteiger partial charge in [0.2, 0.25) is 11.8 Å². The van der Waals surface area contributed by atoms with Crippen LogP contribution in [-0.4, -0.2) is 52.8 Å². The van der Waals surface area contributed by atoms with E-state index in [9.17, 15) is 9.59 Å². The van der Waals surface area contributed by atoms with Gasteiger partial charge in [0, 0.05) is 43.5 Å². The average molecular weight is 401 g/mol. The third-order valence-electron chi connectivity index (χ3n) is 4.76. The van der Waals surface area contributed by atoms with Gasteiger partial charge in [0.25, 0.3) is 0 Å². The molecule has 3 rings (SSSR count). The predicted molar refractivity (Wildman–Crippen MR) is 112 cm³/mol. The third-order valence-corrected chi connectivity index (χ3v) is 5.57. The van der Waals surface area contributed by atoms with Crippen LogP contribution in [0.5, 0.6) is 0 Å². The zero-order chi connectivity index (χ0) is 20.1. The van der Waals surface area contributed by atoms with Gasteiger partial charge in [0.1, 0.15) is 0 Å². The van der Waals surface area contributed by atoms with E-state index < -0.39 is 5.41 Å². The quantitative estimate of drug-likeness (QED) is 0.838. The van der Waals surface area contributed by atoms with Crippen molar-refractivity contribution in [3.8, 4) is 0 Å². The zero-order valence-corrected chi connectivity index (χ0v) is 17.6. The molecule has 28 heavy (non-hydrogen) atoms. The van der Waals surface area contributed by atoms with E-state index in [2.05, 4.69) is 39.5 Å². The summed E-state index contributed by atoms with van der Waals surface area (Å²) in [5.41, 5.74) is 1.54. The molecule has 0 unspecified atom stereocenters. The smallest absolute Gasteiger partial charge is 0.231 e. The first-order valence-electron chi connectivity index (χ1n) is 9.61. The molecule has 1 aliphatic rings. The summed E-state index contributed by atoms with van der Waals surface area (Å²) in [6.45, 7) is 9.74. The van der Waals surface area contributed by atoms with E-state index in [0.717, 1.165) is 32.7 Å². The van der Waals surface area contributed by atoms with Crippen molar-refractivity contribution in [3.05, 3.63) is 47.0 Å². The molecule has 2 amide bonds. The van der Waals surface area contributed by atoms with Gasteiger partial charge in [0.05, 0.1) is 12.1 Å². The number of carbonyl (C=O) groups is 2. The number of hydrogen-bond acceptors (Lipinski definition) is 5. The zero-order valence-electron chi connectivity index (χ0n) is 16.8. The third kappa shape index (κ3) is 5.62. The number of amides is 2. The second-order valence-corrected chi connectivity index (χ2v) is 9.03. The summed E-state index contributed by atoms with van der Waals surface area (Å²) in [4.78, 5) is 33.3. The molecular formula is C21H28N4O2S. The van der Waals surface area contributed by atoms with Crippen LogP contribution < -0.4 is 5.32 Å². The molecule has 1 aromatic carbocycles. The molecule has 1 saturated heterocycles. The van der Waals surface area contributed by atoms with E-state index in [1.54, 1.807) is 0 Å². The van der Waals surface area contributed by atoms with Gasteiger partial charge in [-0.05, 0) is 5.56 Å².